The van der Waals surface area contributed by atoms with Crippen molar-refractivity contribution in [1.82, 2.24) is 5.32 Å². The van der Waals surface area contributed by atoms with Gasteiger partial charge in [0.2, 0.25) is 0 Å². The van der Waals surface area contributed by atoms with E-state index in [4.69, 9.17) is 4.18 Å². The Hall–Kier alpha value is 1.00. The van der Waals surface area contributed by atoms with E-state index in [-0.39, 0.29) is 0 Å². The van der Waals surface area contributed by atoms with Crippen molar-refractivity contribution < 1.29 is 4.18 Å². The second-order valence-corrected chi connectivity index (χ2v) is 5.86. The number of nitrogens with one attached hydrogen (secondary N) is 1. The Morgan fingerprint density at radius 2 is 2.14 bits per heavy atom. The number of hydrogen-bond donors (Lipinski definition) is 1. The van der Waals surface area contributed by atoms with Crippen molar-refractivity contribution in [2.24, 2.45) is 17.8 Å². The summed E-state index contributed by atoms with van der Waals surface area (Å²) < 4.78 is 5.31. The number of halogens is 1. The number of hydrogen-bond acceptors (Lipinski definition) is 3. The van der Waals surface area contributed by atoms with E-state index in [1.807, 2.05) is 0 Å². The smallest absolute Gasteiger partial charge is 0.0650 e. The minimum Gasteiger partial charge on any atom is -0.317 e. The molecule has 0 aromatic rings. The summed E-state index contributed by atoms with van der Waals surface area (Å²) in [6, 6.07) is 0. The Balaban J connectivity index is 1.60. The zero-order chi connectivity index (χ0) is 9.80. The zero-order valence-electron chi connectivity index (χ0n) is 8.38. The molecule has 1 N–H and O–H groups in total. The average Bonchev–Trinajstić information content (AvgIpc) is 2.99. The molecule has 0 bridgehead atoms. The van der Waals surface area contributed by atoms with Crippen LogP contribution in [0, 0.1) is 17.8 Å². The lowest BCUT2D eigenvalue weighted by Gasteiger charge is -2.22. The molecule has 2 nitrogen and oxygen atoms in total. The third-order valence-electron chi connectivity index (χ3n) is 3.58. The molecule has 1 saturated heterocycles. The molecule has 2 aliphatic rings. The highest BCUT2D eigenvalue weighted by atomic mass is 127. The van der Waals surface area contributed by atoms with Crippen molar-refractivity contribution in [2.45, 2.75) is 25.7 Å². The molecule has 4 heteroatoms. The maximum absolute atomic E-state index is 5.31. The molecule has 0 radical (unpaired) electrons. The van der Waals surface area contributed by atoms with Crippen LogP contribution in [0.5, 0.6) is 0 Å². The van der Waals surface area contributed by atoms with Gasteiger partial charge in [-0.3, -0.25) is 0 Å². The van der Waals surface area contributed by atoms with Crippen LogP contribution in [0.25, 0.3) is 0 Å². The Labute approximate surface area is 103 Å². The first-order valence-corrected chi connectivity index (χ1v) is 8.81. The van der Waals surface area contributed by atoms with Crippen LogP contribution >= 0.6 is 30.4 Å². The molecule has 0 aromatic carbocycles. The average molecular weight is 327 g/mol. The molecular weight excluding hydrogens is 309 g/mol. The normalized spacial score (nSPS) is 33.2. The molecule has 2 unspecified atom stereocenters. The van der Waals surface area contributed by atoms with Crippen LogP contribution in [0.1, 0.15) is 25.7 Å². The van der Waals surface area contributed by atoms with Crippen molar-refractivity contribution in [3.8, 4) is 0 Å². The molecule has 1 aliphatic heterocycles. The van der Waals surface area contributed by atoms with Gasteiger partial charge in [-0.05, 0) is 56.5 Å². The van der Waals surface area contributed by atoms with E-state index in [2.05, 4.69) is 26.5 Å². The topological polar surface area (TPSA) is 21.3 Å². The van der Waals surface area contributed by atoms with Gasteiger partial charge in [0, 0.05) is 21.2 Å². The second-order valence-electron chi connectivity index (χ2n) is 4.42. The van der Waals surface area contributed by atoms with Crippen LogP contribution < -0.4 is 5.32 Å². The summed E-state index contributed by atoms with van der Waals surface area (Å²) in [6.07, 6.45) is 5.57. The predicted octanol–water partition coefficient (Wildman–Crippen LogP) is 3.03. The highest BCUT2D eigenvalue weighted by molar-refractivity contribution is 14.2. The summed E-state index contributed by atoms with van der Waals surface area (Å²) in [7, 11) is 1.47. The monoisotopic (exact) mass is 327 g/mol. The van der Waals surface area contributed by atoms with Crippen molar-refractivity contribution in [3.63, 3.8) is 0 Å². The molecule has 14 heavy (non-hydrogen) atoms. The van der Waals surface area contributed by atoms with Crippen LogP contribution in [0.3, 0.4) is 0 Å². The van der Waals surface area contributed by atoms with Crippen LogP contribution in [-0.4, -0.2) is 19.7 Å². The first-order valence-electron chi connectivity index (χ1n) is 5.52. The molecule has 0 spiro atoms. The van der Waals surface area contributed by atoms with E-state index < -0.39 is 0 Å². The molecule has 1 heterocycles. The van der Waals surface area contributed by atoms with Gasteiger partial charge in [-0.2, -0.15) is 0 Å². The van der Waals surface area contributed by atoms with Gasteiger partial charge < -0.3 is 9.50 Å². The van der Waals surface area contributed by atoms with Gasteiger partial charge in [0.15, 0.2) is 0 Å². The highest BCUT2D eigenvalue weighted by Gasteiger charge is 2.42. The van der Waals surface area contributed by atoms with Crippen molar-refractivity contribution in [1.29, 1.82) is 0 Å². The quantitative estimate of drug-likeness (QED) is 0.476. The van der Waals surface area contributed by atoms with Crippen molar-refractivity contribution >= 4 is 30.4 Å². The minimum atomic E-state index is 0.944. The van der Waals surface area contributed by atoms with Crippen LogP contribution in [0.4, 0.5) is 0 Å². The van der Waals surface area contributed by atoms with E-state index in [1.54, 1.807) is 0 Å². The molecule has 0 amide bonds. The summed E-state index contributed by atoms with van der Waals surface area (Å²) in [5, 5.41) is 3.44. The fraction of sp³-hybridized carbons (Fsp3) is 1.00. The lowest BCUT2D eigenvalue weighted by molar-refractivity contribution is 0.303. The molecule has 0 aromatic heterocycles. The first kappa shape index (κ1) is 11.5. The van der Waals surface area contributed by atoms with E-state index >= 15 is 0 Å². The van der Waals surface area contributed by atoms with Gasteiger partial charge in [-0.15, -0.1) is 0 Å². The summed E-state index contributed by atoms with van der Waals surface area (Å²) in [5.41, 5.74) is 0. The van der Waals surface area contributed by atoms with Crippen molar-refractivity contribution in [3.05, 3.63) is 0 Å². The molecule has 1 aliphatic carbocycles. The Bertz CT molecular complexity index is 176. The molecule has 2 atom stereocenters. The highest BCUT2D eigenvalue weighted by Crippen LogP contribution is 2.49. The maximum atomic E-state index is 5.31. The summed E-state index contributed by atoms with van der Waals surface area (Å²) in [4.78, 5) is 0. The fourth-order valence-electron chi connectivity index (χ4n) is 2.68. The second kappa shape index (κ2) is 5.92. The van der Waals surface area contributed by atoms with Gasteiger partial charge in [0.05, 0.1) is 15.8 Å². The van der Waals surface area contributed by atoms with Gasteiger partial charge in [-0.25, -0.2) is 0 Å². The van der Waals surface area contributed by atoms with E-state index in [9.17, 15) is 0 Å². The lowest BCUT2D eigenvalue weighted by atomic mass is 9.91. The third-order valence-corrected chi connectivity index (χ3v) is 4.60. The Kier molecular flexibility index (Phi) is 4.85. The maximum Gasteiger partial charge on any atom is 0.0650 e. The number of rotatable bonds is 5. The van der Waals surface area contributed by atoms with Gasteiger partial charge in [0.25, 0.3) is 0 Å². The molecule has 82 valence electrons. The van der Waals surface area contributed by atoms with Crippen LogP contribution in [-0.2, 0) is 4.18 Å². The summed E-state index contributed by atoms with van der Waals surface area (Å²) in [5.74, 6) is 3.05. The van der Waals surface area contributed by atoms with Crippen LogP contribution in [0.2, 0.25) is 0 Å². The lowest BCUT2D eigenvalue weighted by Crippen LogP contribution is -2.28. The molecular formula is C10H18INOS. The molecule has 2 rings (SSSR count). The summed E-state index contributed by atoms with van der Waals surface area (Å²) >= 11 is 2.19. The van der Waals surface area contributed by atoms with Gasteiger partial charge in [0.1, 0.15) is 0 Å². The number of piperidine rings is 1. The Morgan fingerprint density at radius 1 is 1.36 bits per heavy atom. The zero-order valence-corrected chi connectivity index (χ0v) is 11.4. The van der Waals surface area contributed by atoms with E-state index in [0.717, 1.165) is 24.4 Å². The minimum absolute atomic E-state index is 0.944. The molecule has 1 saturated carbocycles. The van der Waals surface area contributed by atoms with Crippen LogP contribution in [0.15, 0.2) is 0 Å². The summed E-state index contributed by atoms with van der Waals surface area (Å²) in [6.45, 7) is 3.43. The fourth-order valence-corrected chi connectivity index (χ4v) is 3.38. The first-order chi connectivity index (χ1) is 6.92. The van der Waals surface area contributed by atoms with Gasteiger partial charge in [-0.1, -0.05) is 0 Å². The van der Waals surface area contributed by atoms with E-state index in [0.29, 0.717) is 0 Å². The van der Waals surface area contributed by atoms with Crippen molar-refractivity contribution in [2.75, 3.05) is 19.7 Å². The largest absolute Gasteiger partial charge is 0.317 e. The standard InChI is InChI=1S/C10H18INOS/c11-14-13-6-3-9-7-10(9)8-1-4-12-5-2-8/h8-10,12H,1-7H2. The predicted molar refractivity (Wildman–Crippen MR) is 69.4 cm³/mol. The third kappa shape index (κ3) is 3.25. The van der Waals surface area contributed by atoms with E-state index in [1.165, 1.54) is 48.0 Å². The Morgan fingerprint density at radius 3 is 2.86 bits per heavy atom. The van der Waals surface area contributed by atoms with Gasteiger partial charge >= 0.3 is 0 Å². The molecule has 2 fully saturated rings. The SMILES string of the molecule is ISOCCC1CC1C1CCNCC1.